The van der Waals surface area contributed by atoms with E-state index in [9.17, 15) is 4.39 Å². The predicted octanol–water partition coefficient (Wildman–Crippen LogP) is 3.07. The minimum atomic E-state index is -0.294. The monoisotopic (exact) mass is 274 g/mol. The maximum absolute atomic E-state index is 12.7. The van der Waals surface area contributed by atoms with Crippen LogP contribution in [0, 0.1) is 24.1 Å². The summed E-state index contributed by atoms with van der Waals surface area (Å²) in [6.07, 6.45) is 1.53. The molecule has 0 fully saturated rings. The van der Waals surface area contributed by atoms with Crippen LogP contribution in [0.4, 0.5) is 10.1 Å². The van der Waals surface area contributed by atoms with Gasteiger partial charge in [-0.2, -0.15) is 5.26 Å². The van der Waals surface area contributed by atoms with Crippen LogP contribution in [-0.4, -0.2) is 4.98 Å². The minimum absolute atomic E-state index is 0.294. The number of aromatic nitrogens is 1. The van der Waals surface area contributed by atoms with E-state index < -0.39 is 0 Å². The number of benzene rings is 1. The molecule has 0 saturated heterocycles. The summed E-state index contributed by atoms with van der Waals surface area (Å²) in [6.45, 7) is 1.87. The maximum atomic E-state index is 12.7. The Labute approximate surface area is 114 Å². The Morgan fingerprint density at radius 3 is 2.74 bits per heavy atom. The van der Waals surface area contributed by atoms with Crippen LogP contribution >= 0.6 is 11.3 Å². The highest BCUT2D eigenvalue weighted by molar-refractivity contribution is 7.10. The fourth-order valence-corrected chi connectivity index (χ4v) is 2.11. The summed E-state index contributed by atoms with van der Waals surface area (Å²) in [5, 5.41) is 11.6. The molecule has 6 heteroatoms. The van der Waals surface area contributed by atoms with E-state index >= 15 is 0 Å². The highest BCUT2D eigenvalue weighted by Gasteiger charge is 2.04. The Morgan fingerprint density at radius 2 is 2.16 bits per heavy atom. The van der Waals surface area contributed by atoms with Gasteiger partial charge in [-0.1, -0.05) is 0 Å². The molecule has 96 valence electrons. The third kappa shape index (κ3) is 3.53. The smallest absolute Gasteiger partial charge is 0.135 e. The molecule has 1 heterocycles. The first kappa shape index (κ1) is 13.1. The van der Waals surface area contributed by atoms with Gasteiger partial charge in [0.25, 0.3) is 0 Å². The van der Waals surface area contributed by atoms with Gasteiger partial charge >= 0.3 is 0 Å². The van der Waals surface area contributed by atoms with Gasteiger partial charge in [0.05, 0.1) is 5.69 Å². The molecule has 1 aromatic carbocycles. The quantitative estimate of drug-likeness (QED) is 0.664. The van der Waals surface area contributed by atoms with Crippen LogP contribution in [0.1, 0.15) is 10.7 Å². The lowest BCUT2D eigenvalue weighted by Crippen LogP contribution is -2.14. The van der Waals surface area contributed by atoms with Gasteiger partial charge in [-0.05, 0) is 31.2 Å². The first-order valence-electron chi connectivity index (χ1n) is 5.49. The van der Waals surface area contributed by atoms with Gasteiger partial charge < -0.3 is 10.9 Å². The van der Waals surface area contributed by atoms with Gasteiger partial charge in [0.15, 0.2) is 0 Å². The first-order chi connectivity index (χ1) is 9.19. The number of nitriles is 1. The number of hydrazine groups is 1. The van der Waals surface area contributed by atoms with Crippen LogP contribution in [0.25, 0.3) is 5.57 Å². The molecule has 0 saturated carbocycles. The summed E-state index contributed by atoms with van der Waals surface area (Å²) in [6, 6.07) is 7.96. The number of thiazole rings is 1. The second-order valence-electron chi connectivity index (χ2n) is 3.74. The number of aryl methyl sites for hydroxylation is 1. The molecule has 4 nitrogen and oxygen atoms in total. The molecule has 19 heavy (non-hydrogen) atoms. The SMILES string of the molecule is Cc1csc(/C(C#N)=C/NNc2ccc(F)cc2)n1. The normalized spacial score (nSPS) is 10.9. The van der Waals surface area contributed by atoms with Crippen molar-refractivity contribution in [1.29, 1.82) is 5.26 Å². The Bertz CT molecular complexity index is 625. The lowest BCUT2D eigenvalue weighted by atomic mass is 10.3. The number of allylic oxidation sites excluding steroid dienone is 1. The van der Waals surface area contributed by atoms with E-state index in [0.29, 0.717) is 16.3 Å². The summed E-state index contributed by atoms with van der Waals surface area (Å²) in [7, 11) is 0. The van der Waals surface area contributed by atoms with Crippen LogP contribution in [0.2, 0.25) is 0 Å². The Balaban J connectivity index is 2.01. The molecule has 0 aliphatic heterocycles. The van der Waals surface area contributed by atoms with E-state index in [-0.39, 0.29) is 5.82 Å². The van der Waals surface area contributed by atoms with Crippen molar-refractivity contribution >= 4 is 22.6 Å². The van der Waals surface area contributed by atoms with E-state index in [1.54, 1.807) is 12.1 Å². The predicted molar refractivity (Wildman–Crippen MR) is 73.6 cm³/mol. The zero-order valence-corrected chi connectivity index (χ0v) is 11.0. The van der Waals surface area contributed by atoms with Crippen LogP contribution < -0.4 is 10.9 Å². The molecule has 0 spiro atoms. The van der Waals surface area contributed by atoms with E-state index in [4.69, 9.17) is 5.26 Å². The summed E-state index contributed by atoms with van der Waals surface area (Å²) in [5.74, 6) is -0.294. The van der Waals surface area contributed by atoms with Gasteiger partial charge in [0.2, 0.25) is 0 Å². The van der Waals surface area contributed by atoms with Gasteiger partial charge in [-0.25, -0.2) is 9.37 Å². The summed E-state index contributed by atoms with van der Waals surface area (Å²) in [4.78, 5) is 4.23. The van der Waals surface area contributed by atoms with Crippen molar-refractivity contribution in [2.24, 2.45) is 0 Å². The molecular formula is C13H11FN4S. The van der Waals surface area contributed by atoms with Crippen LogP contribution in [-0.2, 0) is 0 Å². The molecular weight excluding hydrogens is 263 g/mol. The molecule has 0 bridgehead atoms. The molecule has 2 rings (SSSR count). The number of anilines is 1. The van der Waals surface area contributed by atoms with Crippen molar-refractivity contribution in [3.63, 3.8) is 0 Å². The van der Waals surface area contributed by atoms with Crippen LogP contribution in [0.15, 0.2) is 35.8 Å². The highest BCUT2D eigenvalue weighted by atomic mass is 32.1. The van der Waals surface area contributed by atoms with Crippen molar-refractivity contribution in [2.45, 2.75) is 6.92 Å². The average molecular weight is 274 g/mol. The standard InChI is InChI=1S/C13H11FN4S/c1-9-8-19-13(17-9)10(6-15)7-16-18-12-4-2-11(14)3-5-12/h2-5,7-8,16,18H,1H3/b10-7+. The second-order valence-corrected chi connectivity index (χ2v) is 4.60. The Hall–Kier alpha value is -2.39. The van der Waals surface area contributed by atoms with Crippen molar-refractivity contribution < 1.29 is 4.39 Å². The first-order valence-corrected chi connectivity index (χ1v) is 6.37. The highest BCUT2D eigenvalue weighted by Crippen LogP contribution is 2.17. The summed E-state index contributed by atoms with van der Waals surface area (Å²) < 4.78 is 12.7. The molecule has 1 aromatic heterocycles. The van der Waals surface area contributed by atoms with Crippen molar-refractivity contribution in [1.82, 2.24) is 10.4 Å². The minimum Gasteiger partial charge on any atom is -0.307 e. The Morgan fingerprint density at radius 1 is 1.42 bits per heavy atom. The number of hydrogen-bond donors (Lipinski definition) is 2. The van der Waals surface area contributed by atoms with Gasteiger partial charge in [-0.3, -0.25) is 0 Å². The van der Waals surface area contributed by atoms with Gasteiger partial charge in [-0.15, -0.1) is 11.3 Å². The van der Waals surface area contributed by atoms with Crippen molar-refractivity contribution in [3.05, 3.63) is 52.4 Å². The topological polar surface area (TPSA) is 60.7 Å². The zero-order chi connectivity index (χ0) is 13.7. The Kier molecular flexibility index (Phi) is 4.11. The third-order valence-corrected chi connectivity index (χ3v) is 3.24. The van der Waals surface area contributed by atoms with E-state index in [1.807, 2.05) is 12.3 Å². The molecule has 0 aliphatic rings. The van der Waals surface area contributed by atoms with Gasteiger partial charge in [0, 0.05) is 17.3 Å². The van der Waals surface area contributed by atoms with Crippen molar-refractivity contribution in [3.8, 4) is 6.07 Å². The zero-order valence-electron chi connectivity index (χ0n) is 10.1. The van der Waals surface area contributed by atoms with E-state index in [1.165, 1.54) is 29.7 Å². The fourth-order valence-electron chi connectivity index (χ4n) is 1.34. The number of halogens is 1. The summed E-state index contributed by atoms with van der Waals surface area (Å²) >= 11 is 1.41. The second kappa shape index (κ2) is 5.98. The molecule has 0 aliphatic carbocycles. The summed E-state index contributed by atoms with van der Waals surface area (Å²) in [5.41, 5.74) is 7.65. The number of nitrogens with zero attached hydrogens (tertiary/aromatic N) is 2. The lowest BCUT2D eigenvalue weighted by Gasteiger charge is -2.05. The third-order valence-electron chi connectivity index (χ3n) is 2.25. The average Bonchev–Trinajstić information content (AvgIpc) is 2.83. The molecule has 0 atom stereocenters. The number of rotatable bonds is 4. The van der Waals surface area contributed by atoms with Gasteiger partial charge in [0.1, 0.15) is 22.5 Å². The van der Waals surface area contributed by atoms with E-state index in [0.717, 1.165) is 5.69 Å². The van der Waals surface area contributed by atoms with Crippen molar-refractivity contribution in [2.75, 3.05) is 5.43 Å². The molecule has 0 unspecified atom stereocenters. The van der Waals surface area contributed by atoms with Crippen LogP contribution in [0.5, 0.6) is 0 Å². The lowest BCUT2D eigenvalue weighted by molar-refractivity contribution is 0.628. The van der Waals surface area contributed by atoms with E-state index in [2.05, 4.69) is 21.9 Å². The molecule has 0 radical (unpaired) electrons. The number of nitrogens with one attached hydrogen (secondary N) is 2. The molecule has 2 aromatic rings. The fraction of sp³-hybridized carbons (Fsp3) is 0.0769. The molecule has 0 amide bonds. The maximum Gasteiger partial charge on any atom is 0.135 e. The van der Waals surface area contributed by atoms with Crippen LogP contribution in [0.3, 0.4) is 0 Å². The largest absolute Gasteiger partial charge is 0.307 e. The molecule has 2 N–H and O–H groups in total. The number of hydrogen-bond acceptors (Lipinski definition) is 5.